The summed E-state index contributed by atoms with van der Waals surface area (Å²) in [4.78, 5) is 18.0. The van der Waals surface area contributed by atoms with E-state index in [4.69, 9.17) is 16.3 Å². The Morgan fingerprint density at radius 2 is 2.50 bits per heavy atom. The molecule has 98 valence electrons. The molecule has 5 heteroatoms. The first-order chi connectivity index (χ1) is 8.69. The van der Waals surface area contributed by atoms with Crippen molar-refractivity contribution in [3.05, 3.63) is 29.0 Å². The van der Waals surface area contributed by atoms with Gasteiger partial charge < -0.3 is 4.74 Å². The number of hydrogen-bond acceptors (Lipinski definition) is 4. The van der Waals surface area contributed by atoms with Crippen LogP contribution in [0.15, 0.2) is 18.3 Å². The third-order valence-electron chi connectivity index (χ3n) is 3.20. The molecular weight excluding hydrogens is 252 g/mol. The largest absolute Gasteiger partial charge is 0.469 e. The van der Waals surface area contributed by atoms with Crippen LogP contribution in [0.1, 0.15) is 18.5 Å². The van der Waals surface area contributed by atoms with E-state index in [1.54, 1.807) is 12.3 Å². The quantitative estimate of drug-likeness (QED) is 0.788. The molecule has 1 aromatic rings. The Balaban J connectivity index is 1.95. The van der Waals surface area contributed by atoms with E-state index in [0.29, 0.717) is 5.02 Å². The third-order valence-corrected chi connectivity index (χ3v) is 3.44. The van der Waals surface area contributed by atoms with Gasteiger partial charge in [0, 0.05) is 24.3 Å². The molecule has 0 bridgehead atoms. The van der Waals surface area contributed by atoms with Crippen LogP contribution in [0.3, 0.4) is 0 Å². The molecule has 18 heavy (non-hydrogen) atoms. The second-order valence-electron chi connectivity index (χ2n) is 4.56. The topological polar surface area (TPSA) is 42.4 Å². The van der Waals surface area contributed by atoms with Gasteiger partial charge in [-0.05, 0) is 31.5 Å². The number of carbonyl (C=O) groups excluding carboxylic acids is 1. The smallest absolute Gasteiger partial charge is 0.309 e. The summed E-state index contributed by atoms with van der Waals surface area (Å²) in [6.45, 7) is 2.45. The summed E-state index contributed by atoms with van der Waals surface area (Å²) in [5.41, 5.74) is 0.938. The van der Waals surface area contributed by atoms with Crippen LogP contribution in [0.2, 0.25) is 5.02 Å². The molecule has 1 aliphatic heterocycles. The molecular formula is C13H17ClN2O2. The summed E-state index contributed by atoms with van der Waals surface area (Å²) in [7, 11) is 1.44. The van der Waals surface area contributed by atoms with Crippen molar-refractivity contribution in [2.75, 3.05) is 20.2 Å². The third kappa shape index (κ3) is 3.43. The number of hydrogen-bond donors (Lipinski definition) is 0. The Morgan fingerprint density at radius 3 is 3.22 bits per heavy atom. The predicted molar refractivity (Wildman–Crippen MR) is 69.3 cm³/mol. The molecule has 1 aliphatic rings. The maximum absolute atomic E-state index is 11.5. The van der Waals surface area contributed by atoms with Gasteiger partial charge in [-0.25, -0.2) is 0 Å². The van der Waals surface area contributed by atoms with Crippen LogP contribution in [0.5, 0.6) is 0 Å². The molecule has 0 unspecified atom stereocenters. The number of esters is 1. The lowest BCUT2D eigenvalue weighted by atomic mass is 9.98. The van der Waals surface area contributed by atoms with Gasteiger partial charge in [0.2, 0.25) is 0 Å². The average Bonchev–Trinajstić information content (AvgIpc) is 2.38. The summed E-state index contributed by atoms with van der Waals surface area (Å²) in [6, 6.07) is 3.63. The van der Waals surface area contributed by atoms with E-state index in [-0.39, 0.29) is 11.9 Å². The van der Waals surface area contributed by atoms with Gasteiger partial charge in [-0.2, -0.15) is 0 Å². The van der Waals surface area contributed by atoms with Gasteiger partial charge in [-0.3, -0.25) is 14.7 Å². The van der Waals surface area contributed by atoms with Crippen molar-refractivity contribution in [1.82, 2.24) is 9.88 Å². The summed E-state index contributed by atoms with van der Waals surface area (Å²) >= 11 is 5.93. The van der Waals surface area contributed by atoms with Gasteiger partial charge >= 0.3 is 5.97 Å². The maximum Gasteiger partial charge on any atom is 0.309 e. The number of ether oxygens (including phenoxy) is 1. The van der Waals surface area contributed by atoms with Crippen molar-refractivity contribution in [3.8, 4) is 0 Å². The summed E-state index contributed by atoms with van der Waals surface area (Å²) in [5.74, 6) is -0.123. The molecule has 0 aliphatic carbocycles. The van der Waals surface area contributed by atoms with Gasteiger partial charge in [-0.1, -0.05) is 11.6 Å². The minimum absolute atomic E-state index is 0.0112. The number of nitrogens with zero attached hydrogens (tertiary/aromatic N) is 2. The van der Waals surface area contributed by atoms with Crippen LogP contribution in [-0.2, 0) is 16.1 Å². The van der Waals surface area contributed by atoms with Gasteiger partial charge in [0.15, 0.2) is 0 Å². The van der Waals surface area contributed by atoms with Gasteiger partial charge in [-0.15, -0.1) is 0 Å². The molecule has 2 heterocycles. The summed E-state index contributed by atoms with van der Waals surface area (Å²) < 4.78 is 4.81. The number of halogens is 1. The second-order valence-corrected chi connectivity index (χ2v) is 5.00. The number of likely N-dealkylation sites (tertiary alicyclic amines) is 1. The number of rotatable bonds is 3. The fourth-order valence-corrected chi connectivity index (χ4v) is 2.50. The average molecular weight is 269 g/mol. The predicted octanol–water partition coefficient (Wildman–Crippen LogP) is 2.12. The van der Waals surface area contributed by atoms with E-state index in [2.05, 4.69) is 9.88 Å². The van der Waals surface area contributed by atoms with Gasteiger partial charge in [0.1, 0.15) is 0 Å². The molecule has 0 spiro atoms. The highest BCUT2D eigenvalue weighted by atomic mass is 35.5. The fraction of sp³-hybridized carbons (Fsp3) is 0.538. The molecule has 0 radical (unpaired) electrons. The first kappa shape index (κ1) is 13.3. The first-order valence-electron chi connectivity index (χ1n) is 6.09. The molecule has 1 saturated heterocycles. The van der Waals surface area contributed by atoms with E-state index >= 15 is 0 Å². The van der Waals surface area contributed by atoms with Crippen LogP contribution >= 0.6 is 11.6 Å². The van der Waals surface area contributed by atoms with Gasteiger partial charge in [0.05, 0.1) is 18.7 Å². The van der Waals surface area contributed by atoms with Crippen LogP contribution in [0, 0.1) is 5.92 Å². The lowest BCUT2D eigenvalue weighted by molar-refractivity contribution is -0.147. The number of piperidine rings is 1. The van der Waals surface area contributed by atoms with Crippen LogP contribution in [-0.4, -0.2) is 36.1 Å². The Bertz CT molecular complexity index is 425. The van der Waals surface area contributed by atoms with Crippen molar-refractivity contribution in [2.24, 2.45) is 5.92 Å². The highest BCUT2D eigenvalue weighted by Gasteiger charge is 2.26. The van der Waals surface area contributed by atoms with Crippen molar-refractivity contribution < 1.29 is 9.53 Å². The molecule has 1 fully saturated rings. The Kier molecular flexibility index (Phi) is 4.55. The van der Waals surface area contributed by atoms with Crippen LogP contribution in [0.4, 0.5) is 0 Å². The Labute approximate surface area is 112 Å². The van der Waals surface area contributed by atoms with Crippen molar-refractivity contribution >= 4 is 17.6 Å². The lowest BCUT2D eigenvalue weighted by Crippen LogP contribution is -2.38. The standard InChI is InChI=1S/C13H17ClN2O2/c1-18-13(17)10-3-2-6-16(8-10)9-12-7-11(14)4-5-15-12/h4-5,7,10H,2-3,6,8-9H2,1H3/t10-/m0/s1. The summed E-state index contributed by atoms with van der Waals surface area (Å²) in [6.07, 6.45) is 3.63. The highest BCUT2D eigenvalue weighted by Crippen LogP contribution is 2.19. The lowest BCUT2D eigenvalue weighted by Gasteiger charge is -2.30. The van der Waals surface area contributed by atoms with Crippen LogP contribution < -0.4 is 0 Å². The molecule has 2 rings (SSSR count). The molecule has 1 atom stereocenters. The molecule has 0 saturated carbocycles. The normalized spacial score (nSPS) is 20.7. The minimum Gasteiger partial charge on any atom is -0.469 e. The minimum atomic E-state index is -0.112. The van der Waals surface area contributed by atoms with Crippen molar-refractivity contribution in [3.63, 3.8) is 0 Å². The van der Waals surface area contributed by atoms with E-state index in [0.717, 1.165) is 38.2 Å². The van der Waals surface area contributed by atoms with E-state index in [1.165, 1.54) is 7.11 Å². The maximum atomic E-state index is 11.5. The summed E-state index contributed by atoms with van der Waals surface area (Å²) in [5, 5.41) is 0.696. The zero-order valence-electron chi connectivity index (χ0n) is 10.4. The number of carbonyl (C=O) groups is 1. The number of pyridine rings is 1. The molecule has 1 aromatic heterocycles. The molecule has 0 N–H and O–H groups in total. The molecule has 0 amide bonds. The number of methoxy groups -OCH3 is 1. The monoisotopic (exact) mass is 268 g/mol. The Morgan fingerprint density at radius 1 is 1.67 bits per heavy atom. The van der Waals surface area contributed by atoms with Gasteiger partial charge in [0.25, 0.3) is 0 Å². The Hall–Kier alpha value is -1.13. The number of aromatic nitrogens is 1. The van der Waals surface area contributed by atoms with E-state index < -0.39 is 0 Å². The zero-order chi connectivity index (χ0) is 13.0. The van der Waals surface area contributed by atoms with Crippen molar-refractivity contribution in [2.45, 2.75) is 19.4 Å². The highest BCUT2D eigenvalue weighted by molar-refractivity contribution is 6.30. The molecule has 4 nitrogen and oxygen atoms in total. The van der Waals surface area contributed by atoms with Crippen LogP contribution in [0.25, 0.3) is 0 Å². The van der Waals surface area contributed by atoms with E-state index in [1.807, 2.05) is 6.07 Å². The molecule has 0 aromatic carbocycles. The zero-order valence-corrected chi connectivity index (χ0v) is 11.2. The SMILES string of the molecule is COC(=O)[C@H]1CCCN(Cc2cc(Cl)ccn2)C1. The first-order valence-corrected chi connectivity index (χ1v) is 6.47. The van der Waals surface area contributed by atoms with E-state index in [9.17, 15) is 4.79 Å². The fourth-order valence-electron chi connectivity index (χ4n) is 2.32. The van der Waals surface area contributed by atoms with Crippen molar-refractivity contribution in [1.29, 1.82) is 0 Å². The second kappa shape index (κ2) is 6.16.